The Balaban J connectivity index is 1.68. The minimum Gasteiger partial charge on any atom is -0.459 e. The topological polar surface area (TPSA) is 56.1 Å². The summed E-state index contributed by atoms with van der Waals surface area (Å²) < 4.78 is 7.21. The number of esters is 1. The molecule has 0 unspecified atom stereocenters. The molecule has 1 heterocycles. The van der Waals surface area contributed by atoms with Crippen LogP contribution in [-0.2, 0) is 11.8 Å². The molecule has 1 N–H and O–H groups in total. The van der Waals surface area contributed by atoms with Gasteiger partial charge in [-0.05, 0) is 43.9 Å². The highest BCUT2D eigenvalue weighted by Gasteiger charge is 2.30. The highest BCUT2D eigenvalue weighted by molar-refractivity contribution is 5.90. The molecule has 0 aliphatic heterocycles. The molecule has 1 saturated carbocycles. The first-order valence-corrected chi connectivity index (χ1v) is 7.18. The van der Waals surface area contributed by atoms with Crippen molar-refractivity contribution in [2.75, 3.05) is 5.32 Å². The number of hydrogen-bond acceptors (Lipinski definition) is 4. The Bertz CT molecular complexity index is 646. The highest BCUT2D eigenvalue weighted by Crippen LogP contribution is 2.34. The molecule has 1 aromatic carbocycles. The van der Waals surface area contributed by atoms with Crippen LogP contribution in [0, 0.1) is 5.92 Å². The molecule has 1 aliphatic rings. The summed E-state index contributed by atoms with van der Waals surface area (Å²) in [5.41, 5.74) is 2.29. The van der Waals surface area contributed by atoms with Gasteiger partial charge < -0.3 is 10.1 Å². The largest absolute Gasteiger partial charge is 0.459 e. The Hall–Kier alpha value is -2.30. The average molecular weight is 285 g/mol. The molecule has 0 radical (unpaired) electrons. The van der Waals surface area contributed by atoms with Crippen molar-refractivity contribution in [2.24, 2.45) is 13.0 Å². The van der Waals surface area contributed by atoms with Crippen LogP contribution < -0.4 is 5.32 Å². The molecule has 21 heavy (non-hydrogen) atoms. The van der Waals surface area contributed by atoms with Crippen molar-refractivity contribution in [3.63, 3.8) is 0 Å². The first kappa shape index (κ1) is 13.7. The molecule has 0 saturated heterocycles. The molecule has 0 bridgehead atoms. The van der Waals surface area contributed by atoms with Gasteiger partial charge in [0.15, 0.2) is 0 Å². The van der Waals surface area contributed by atoms with Gasteiger partial charge >= 0.3 is 5.97 Å². The van der Waals surface area contributed by atoms with Crippen molar-refractivity contribution in [3.8, 4) is 0 Å². The summed E-state index contributed by atoms with van der Waals surface area (Å²) in [4.78, 5) is 12.1. The van der Waals surface area contributed by atoms with Crippen LogP contribution >= 0.6 is 0 Å². The molecular weight excluding hydrogens is 266 g/mol. The van der Waals surface area contributed by atoms with Crippen molar-refractivity contribution >= 4 is 17.3 Å². The van der Waals surface area contributed by atoms with Crippen molar-refractivity contribution in [3.05, 3.63) is 42.2 Å². The molecule has 1 aromatic heterocycles. The van der Waals surface area contributed by atoms with E-state index < -0.39 is 0 Å². The third-order valence-corrected chi connectivity index (χ3v) is 3.67. The second-order valence-electron chi connectivity index (χ2n) is 5.56. The van der Waals surface area contributed by atoms with Gasteiger partial charge in [0.2, 0.25) is 0 Å². The Morgan fingerprint density at radius 1 is 1.43 bits per heavy atom. The lowest BCUT2D eigenvalue weighted by Crippen LogP contribution is -2.16. The molecule has 3 rings (SSSR count). The van der Waals surface area contributed by atoms with Crippen molar-refractivity contribution < 1.29 is 9.53 Å². The minimum absolute atomic E-state index is 0.00689. The maximum absolute atomic E-state index is 12.1. The number of anilines is 2. The van der Waals surface area contributed by atoms with Crippen LogP contribution in [0.15, 0.2) is 36.7 Å². The number of carbonyl (C=O) groups excluding carboxylic acids is 1. The zero-order chi connectivity index (χ0) is 14.8. The van der Waals surface area contributed by atoms with E-state index >= 15 is 0 Å². The van der Waals surface area contributed by atoms with E-state index in [1.54, 1.807) is 23.0 Å². The lowest BCUT2D eigenvalue weighted by atomic mass is 10.2. The van der Waals surface area contributed by atoms with E-state index in [-0.39, 0.29) is 12.1 Å². The lowest BCUT2D eigenvalue weighted by Gasteiger charge is -2.12. The summed E-state index contributed by atoms with van der Waals surface area (Å²) in [7, 11) is 1.86. The quantitative estimate of drug-likeness (QED) is 0.858. The smallest absolute Gasteiger partial charge is 0.338 e. The molecular formula is C16H19N3O2. The number of carbonyl (C=O) groups is 1. The number of ether oxygens (including phenoxy) is 1. The molecule has 1 atom stereocenters. The third-order valence-electron chi connectivity index (χ3n) is 3.67. The molecule has 2 aromatic rings. The fraction of sp³-hybridized carbons (Fsp3) is 0.375. The van der Waals surface area contributed by atoms with Gasteiger partial charge in [0, 0.05) is 18.9 Å². The van der Waals surface area contributed by atoms with Gasteiger partial charge in [-0.25, -0.2) is 4.79 Å². The molecule has 5 nitrogen and oxygen atoms in total. The maximum Gasteiger partial charge on any atom is 0.338 e. The number of benzene rings is 1. The molecule has 110 valence electrons. The molecule has 5 heteroatoms. The van der Waals surface area contributed by atoms with Crippen LogP contribution in [0.25, 0.3) is 0 Å². The monoisotopic (exact) mass is 285 g/mol. The zero-order valence-corrected chi connectivity index (χ0v) is 12.2. The van der Waals surface area contributed by atoms with Gasteiger partial charge in [0.05, 0.1) is 17.4 Å². The molecule has 0 spiro atoms. The van der Waals surface area contributed by atoms with E-state index in [4.69, 9.17) is 4.74 Å². The highest BCUT2D eigenvalue weighted by atomic mass is 16.5. The third kappa shape index (κ3) is 3.42. The predicted octanol–water partition coefficient (Wildman–Crippen LogP) is 3.12. The Morgan fingerprint density at radius 3 is 2.90 bits per heavy atom. The summed E-state index contributed by atoms with van der Waals surface area (Å²) in [6, 6.07) is 7.33. The van der Waals surface area contributed by atoms with Gasteiger partial charge in [-0.3, -0.25) is 4.68 Å². The van der Waals surface area contributed by atoms with Gasteiger partial charge in [-0.2, -0.15) is 5.10 Å². The fourth-order valence-corrected chi connectivity index (χ4v) is 2.28. The molecule has 1 fully saturated rings. The minimum atomic E-state index is -0.260. The van der Waals surface area contributed by atoms with E-state index in [1.807, 2.05) is 32.3 Å². The van der Waals surface area contributed by atoms with Crippen LogP contribution in [-0.4, -0.2) is 21.9 Å². The summed E-state index contributed by atoms with van der Waals surface area (Å²) >= 11 is 0. The Labute approximate surface area is 123 Å². The first-order valence-electron chi connectivity index (χ1n) is 7.18. The number of hydrogen-bond donors (Lipinski definition) is 1. The van der Waals surface area contributed by atoms with Gasteiger partial charge in [0.25, 0.3) is 0 Å². The number of aryl methyl sites for hydroxylation is 1. The standard InChI is InChI=1S/C16H19N3O2/c1-11(12-6-7-12)21-16(20)13-4-3-5-14(8-13)18-15-9-17-19(2)10-15/h3-5,8-12,18H,6-7H2,1-2H3/t11-/m1/s1. The van der Waals surface area contributed by atoms with Crippen molar-refractivity contribution in [2.45, 2.75) is 25.9 Å². The predicted molar refractivity (Wildman–Crippen MR) is 80.5 cm³/mol. The van der Waals surface area contributed by atoms with Crippen molar-refractivity contribution in [1.29, 1.82) is 0 Å². The fourth-order valence-electron chi connectivity index (χ4n) is 2.28. The molecule has 1 aliphatic carbocycles. The normalized spacial score (nSPS) is 15.5. The van der Waals surface area contributed by atoms with Crippen LogP contribution in [0.2, 0.25) is 0 Å². The van der Waals surface area contributed by atoms with Crippen molar-refractivity contribution in [1.82, 2.24) is 9.78 Å². The second kappa shape index (κ2) is 5.60. The van der Waals surface area contributed by atoms with E-state index in [0.29, 0.717) is 11.5 Å². The van der Waals surface area contributed by atoms with Crippen LogP contribution in [0.4, 0.5) is 11.4 Å². The number of aromatic nitrogens is 2. The first-order chi connectivity index (χ1) is 10.1. The zero-order valence-electron chi connectivity index (χ0n) is 12.2. The summed E-state index contributed by atoms with van der Waals surface area (Å²) in [6.07, 6.45) is 5.95. The molecule has 0 amide bonds. The van der Waals surface area contributed by atoms with Crippen LogP contribution in [0.3, 0.4) is 0 Å². The van der Waals surface area contributed by atoms with Gasteiger partial charge in [-0.1, -0.05) is 6.07 Å². The SMILES string of the molecule is C[C@@H](OC(=O)c1cccc(Nc2cnn(C)c2)c1)C1CC1. The summed E-state index contributed by atoms with van der Waals surface area (Å²) in [5, 5.41) is 7.32. The van der Waals surface area contributed by atoms with E-state index in [1.165, 1.54) is 0 Å². The summed E-state index contributed by atoms with van der Waals surface area (Å²) in [5.74, 6) is 0.287. The van der Waals surface area contributed by atoms with Crippen LogP contribution in [0.1, 0.15) is 30.1 Å². The van der Waals surface area contributed by atoms with Gasteiger partial charge in [-0.15, -0.1) is 0 Å². The lowest BCUT2D eigenvalue weighted by molar-refractivity contribution is 0.0295. The number of nitrogens with zero attached hydrogens (tertiary/aromatic N) is 2. The Kier molecular flexibility index (Phi) is 3.64. The number of nitrogens with one attached hydrogen (secondary N) is 1. The second-order valence-corrected chi connectivity index (χ2v) is 5.56. The summed E-state index contributed by atoms with van der Waals surface area (Å²) in [6.45, 7) is 1.97. The van der Waals surface area contributed by atoms with E-state index in [9.17, 15) is 4.79 Å². The number of rotatable bonds is 5. The maximum atomic E-state index is 12.1. The van der Waals surface area contributed by atoms with Gasteiger partial charge in [0.1, 0.15) is 6.10 Å². The van der Waals surface area contributed by atoms with Crippen LogP contribution in [0.5, 0.6) is 0 Å². The average Bonchev–Trinajstić information content (AvgIpc) is 3.23. The Morgan fingerprint density at radius 2 is 2.24 bits per heavy atom. The van der Waals surface area contributed by atoms with E-state index in [0.717, 1.165) is 24.2 Å². The van der Waals surface area contributed by atoms with E-state index in [2.05, 4.69) is 10.4 Å².